The molecule has 0 aromatic rings. The van der Waals surface area contributed by atoms with Gasteiger partial charge in [0.15, 0.2) is 18.9 Å². The van der Waals surface area contributed by atoms with Gasteiger partial charge in [0, 0.05) is 5.41 Å². The molecule has 22 unspecified atom stereocenters. The van der Waals surface area contributed by atoms with Crippen molar-refractivity contribution in [2.45, 2.75) is 199 Å². The monoisotopic (exact) mass is 882 g/mol. The van der Waals surface area contributed by atoms with Crippen molar-refractivity contribution < 1.29 is 79.2 Å². The van der Waals surface area contributed by atoms with Gasteiger partial charge in [-0.2, -0.15) is 0 Å². The van der Waals surface area contributed by atoms with Crippen LogP contribution in [0, 0.1) is 50.2 Å². The SMILES string of the molecule is CC1OC(OC2C(OC3CCC4(C)C(CCC5(C)C4CC=C4C6CC(C)(C)CCC6(C(=O)O)CCC45C)C3(C)CO)OCC(O)C2OC2OC(CO)C(O)C2O)C(O)C(O)C1O. The Bertz CT molecular complexity index is 1690. The Morgan fingerprint density at radius 1 is 0.742 bits per heavy atom. The molecule has 0 aromatic heterocycles. The lowest BCUT2D eigenvalue weighted by Crippen LogP contribution is -2.67. The van der Waals surface area contributed by atoms with E-state index >= 15 is 0 Å². The van der Waals surface area contributed by atoms with E-state index in [1.807, 2.05) is 6.92 Å². The molecule has 16 heteroatoms. The largest absolute Gasteiger partial charge is 0.481 e. The first kappa shape index (κ1) is 47.2. The van der Waals surface area contributed by atoms with Crippen LogP contribution in [-0.4, -0.2) is 158 Å². The van der Waals surface area contributed by atoms with E-state index in [0.717, 1.165) is 44.9 Å². The fourth-order valence-corrected chi connectivity index (χ4v) is 14.6. The summed E-state index contributed by atoms with van der Waals surface area (Å²) < 4.78 is 36.9. The van der Waals surface area contributed by atoms with E-state index in [1.165, 1.54) is 12.5 Å². The Morgan fingerprint density at radius 3 is 2.06 bits per heavy atom. The van der Waals surface area contributed by atoms with Crippen LogP contribution in [0.25, 0.3) is 0 Å². The molecule has 5 aliphatic carbocycles. The van der Waals surface area contributed by atoms with Crippen molar-refractivity contribution in [1.29, 1.82) is 0 Å². The first-order valence-corrected chi connectivity index (χ1v) is 23.1. The number of allylic oxidation sites excluding steroid dienone is 2. The fraction of sp³-hybridized carbons (Fsp3) is 0.935. The third-order valence-electron chi connectivity index (χ3n) is 18.7. The lowest BCUT2D eigenvalue weighted by atomic mass is 9.33. The quantitative estimate of drug-likeness (QED) is 0.119. The molecule has 0 amide bonds. The summed E-state index contributed by atoms with van der Waals surface area (Å²) in [6.07, 6.45) is -8.93. The number of ether oxygens (including phenoxy) is 6. The van der Waals surface area contributed by atoms with Gasteiger partial charge in [-0.3, -0.25) is 4.79 Å². The van der Waals surface area contributed by atoms with Crippen molar-refractivity contribution in [1.82, 2.24) is 0 Å². The maximum Gasteiger partial charge on any atom is 0.310 e. The highest BCUT2D eigenvalue weighted by Crippen LogP contribution is 2.76. The van der Waals surface area contributed by atoms with Crippen LogP contribution >= 0.6 is 0 Å². The number of aliphatic carboxylic acids is 1. The third kappa shape index (κ3) is 7.10. The molecule has 22 atom stereocenters. The molecule has 0 bridgehead atoms. The molecule has 3 saturated heterocycles. The molecular formula is C46H74O16. The second kappa shape index (κ2) is 16.5. The number of hydrogen-bond donors (Lipinski definition) is 9. The van der Waals surface area contributed by atoms with Crippen LogP contribution in [0.15, 0.2) is 11.6 Å². The molecule has 354 valence electrons. The van der Waals surface area contributed by atoms with E-state index in [-0.39, 0.29) is 52.6 Å². The summed E-state index contributed by atoms with van der Waals surface area (Å²) in [5.74, 6) is -0.403. The molecular weight excluding hydrogens is 808 g/mol. The summed E-state index contributed by atoms with van der Waals surface area (Å²) in [6.45, 7) is 14.2. The van der Waals surface area contributed by atoms with E-state index in [1.54, 1.807) is 0 Å². The number of aliphatic hydroxyl groups excluding tert-OH is 8. The minimum Gasteiger partial charge on any atom is -0.481 e. The van der Waals surface area contributed by atoms with Gasteiger partial charge < -0.3 is 74.4 Å². The predicted octanol–water partition coefficient (Wildman–Crippen LogP) is 1.98. The molecule has 8 rings (SSSR count). The molecule has 8 aliphatic rings. The number of carboxylic acids is 1. The van der Waals surface area contributed by atoms with E-state index in [9.17, 15) is 50.8 Å². The van der Waals surface area contributed by atoms with Crippen molar-refractivity contribution >= 4 is 5.97 Å². The van der Waals surface area contributed by atoms with Gasteiger partial charge in [0.2, 0.25) is 0 Å². The van der Waals surface area contributed by atoms with Crippen LogP contribution in [0.5, 0.6) is 0 Å². The van der Waals surface area contributed by atoms with Crippen LogP contribution in [0.3, 0.4) is 0 Å². The van der Waals surface area contributed by atoms with Gasteiger partial charge in [0.1, 0.15) is 54.9 Å². The Hall–Kier alpha value is -1.35. The van der Waals surface area contributed by atoms with Crippen LogP contribution in [0.1, 0.15) is 113 Å². The number of rotatable bonds is 9. The number of carboxylic acid groups (broad SMARTS) is 1. The summed E-state index contributed by atoms with van der Waals surface area (Å²) >= 11 is 0. The highest BCUT2D eigenvalue weighted by Gasteiger charge is 2.70. The summed E-state index contributed by atoms with van der Waals surface area (Å²) in [5, 5.41) is 96.7. The van der Waals surface area contributed by atoms with Crippen LogP contribution in [-0.2, 0) is 33.2 Å². The molecule has 0 spiro atoms. The highest BCUT2D eigenvalue weighted by molar-refractivity contribution is 5.76. The lowest BCUT2D eigenvalue weighted by molar-refractivity contribution is -0.378. The van der Waals surface area contributed by atoms with Crippen molar-refractivity contribution in [3.8, 4) is 0 Å². The highest BCUT2D eigenvalue weighted by atomic mass is 16.8. The Morgan fingerprint density at radius 2 is 1.40 bits per heavy atom. The van der Waals surface area contributed by atoms with Gasteiger partial charge in [-0.25, -0.2) is 0 Å². The molecule has 62 heavy (non-hydrogen) atoms. The molecule has 3 aliphatic heterocycles. The molecule has 4 saturated carbocycles. The maximum atomic E-state index is 13.1. The number of fused-ring (bicyclic) bond motifs is 7. The van der Waals surface area contributed by atoms with Gasteiger partial charge in [-0.05, 0) is 111 Å². The van der Waals surface area contributed by atoms with Crippen LogP contribution in [0.4, 0.5) is 0 Å². The molecule has 9 N–H and O–H groups in total. The molecule has 16 nitrogen and oxygen atoms in total. The van der Waals surface area contributed by atoms with E-state index in [2.05, 4.69) is 40.7 Å². The normalized spacial score (nSPS) is 55.0. The van der Waals surface area contributed by atoms with Gasteiger partial charge in [0.25, 0.3) is 0 Å². The number of carbonyl (C=O) groups is 1. The van der Waals surface area contributed by atoms with Gasteiger partial charge in [0.05, 0.1) is 37.4 Å². The van der Waals surface area contributed by atoms with E-state index in [0.29, 0.717) is 19.3 Å². The van der Waals surface area contributed by atoms with Crippen molar-refractivity contribution in [3.05, 3.63) is 11.6 Å². The smallest absolute Gasteiger partial charge is 0.310 e. The molecule has 0 radical (unpaired) electrons. The summed E-state index contributed by atoms with van der Waals surface area (Å²) in [6, 6.07) is 0. The van der Waals surface area contributed by atoms with Crippen molar-refractivity contribution in [3.63, 3.8) is 0 Å². The average Bonchev–Trinajstić information content (AvgIpc) is 3.49. The topological polar surface area (TPSA) is 255 Å². The Balaban J connectivity index is 1.08. The van der Waals surface area contributed by atoms with Crippen LogP contribution < -0.4 is 0 Å². The summed E-state index contributed by atoms with van der Waals surface area (Å²) in [7, 11) is 0. The third-order valence-corrected chi connectivity index (χ3v) is 18.7. The molecule has 7 fully saturated rings. The second-order valence-electron chi connectivity index (χ2n) is 22.4. The average molecular weight is 883 g/mol. The number of aliphatic hydroxyl groups is 8. The zero-order chi connectivity index (χ0) is 45.1. The van der Waals surface area contributed by atoms with Crippen molar-refractivity contribution in [2.75, 3.05) is 19.8 Å². The summed E-state index contributed by atoms with van der Waals surface area (Å²) in [4.78, 5) is 13.1. The Labute approximate surface area is 364 Å². The lowest BCUT2D eigenvalue weighted by Gasteiger charge is -2.71. The van der Waals surface area contributed by atoms with Crippen molar-refractivity contribution in [2.24, 2.45) is 50.2 Å². The zero-order valence-electron chi connectivity index (χ0n) is 37.5. The molecule has 0 aromatic carbocycles. The second-order valence-corrected chi connectivity index (χ2v) is 22.4. The van der Waals surface area contributed by atoms with E-state index in [4.69, 9.17) is 28.4 Å². The van der Waals surface area contributed by atoms with Gasteiger partial charge in [-0.1, -0.05) is 53.2 Å². The fourth-order valence-electron chi connectivity index (χ4n) is 14.6. The minimum absolute atomic E-state index is 0.00374. The van der Waals surface area contributed by atoms with E-state index < -0.39 is 109 Å². The summed E-state index contributed by atoms with van der Waals surface area (Å²) in [5.41, 5.74) is -0.636. The Kier molecular flexibility index (Phi) is 12.5. The first-order chi connectivity index (χ1) is 29.0. The minimum atomic E-state index is -1.73. The number of hydrogen-bond acceptors (Lipinski definition) is 15. The predicted molar refractivity (Wildman–Crippen MR) is 219 cm³/mol. The van der Waals surface area contributed by atoms with Gasteiger partial charge >= 0.3 is 5.97 Å². The van der Waals surface area contributed by atoms with Gasteiger partial charge in [-0.15, -0.1) is 0 Å². The van der Waals surface area contributed by atoms with Crippen LogP contribution in [0.2, 0.25) is 0 Å². The standard InChI is InChI=1S/C46H74O16/c1-22-30(50)32(52)34(54)37(58-22)62-36-35(61-38-33(53)31(51)26(19-47)59-38)25(49)20-57-39(36)60-29-11-12-42(4)27(43(29,5)21-48)10-13-45(7)28(42)9-8-23-24-18-41(2,3)14-16-46(24,40(55)56)17-15-44(23,45)6/h8,22,24-39,47-54H,9-21H2,1-7H3,(H,55,56). The first-order valence-electron chi connectivity index (χ1n) is 23.1. The molecule has 3 heterocycles. The zero-order valence-corrected chi connectivity index (χ0v) is 37.5. The maximum absolute atomic E-state index is 13.1.